The normalized spacial score (nSPS) is 19.7. The summed E-state index contributed by atoms with van der Waals surface area (Å²) < 4.78 is 8.86. The molecule has 0 aromatic carbocycles. The monoisotopic (exact) mass is 420 g/mol. The van der Waals surface area contributed by atoms with E-state index in [0.29, 0.717) is 49.5 Å². The first kappa shape index (κ1) is 20.2. The molecule has 4 heterocycles. The van der Waals surface area contributed by atoms with Gasteiger partial charge in [-0.15, -0.1) is 11.3 Å². The van der Waals surface area contributed by atoms with Crippen LogP contribution in [0.4, 0.5) is 4.79 Å². The summed E-state index contributed by atoms with van der Waals surface area (Å²) in [5, 5.41) is 3.41. The average Bonchev–Trinajstić information content (AvgIpc) is 3.39. The number of hydrogen-bond acceptors (Lipinski definition) is 5. The van der Waals surface area contributed by atoms with Gasteiger partial charge in [-0.2, -0.15) is 0 Å². The summed E-state index contributed by atoms with van der Waals surface area (Å²) in [6, 6.07) is -0.0872. The van der Waals surface area contributed by atoms with Crippen LogP contribution in [-0.4, -0.2) is 45.9 Å². The van der Waals surface area contributed by atoms with Crippen LogP contribution in [0.1, 0.15) is 37.1 Å². The Hall–Kier alpha value is -2.13. The van der Waals surface area contributed by atoms with Gasteiger partial charge in [0.05, 0.1) is 24.6 Å². The van der Waals surface area contributed by atoms with Crippen LogP contribution >= 0.6 is 11.3 Å². The number of carbonyl (C=O) groups is 1. The number of rotatable bonds is 6. The van der Waals surface area contributed by atoms with Crippen molar-refractivity contribution in [3.63, 3.8) is 0 Å². The van der Waals surface area contributed by atoms with Gasteiger partial charge in [0.25, 0.3) is 5.56 Å². The second kappa shape index (κ2) is 7.95. The molecule has 2 aromatic rings. The first-order valence-corrected chi connectivity index (χ1v) is 11.1. The lowest BCUT2D eigenvalue weighted by Gasteiger charge is -2.16. The van der Waals surface area contributed by atoms with Crippen molar-refractivity contribution in [2.75, 3.05) is 19.7 Å². The Balaban J connectivity index is 1.85. The van der Waals surface area contributed by atoms with Crippen LogP contribution in [-0.2, 0) is 24.4 Å². The molecule has 2 aliphatic rings. The van der Waals surface area contributed by atoms with Gasteiger partial charge in [-0.1, -0.05) is 13.8 Å². The largest absolute Gasteiger partial charge is 0.376 e. The van der Waals surface area contributed by atoms with Gasteiger partial charge in [0.2, 0.25) is 0 Å². The molecule has 4 rings (SSSR count). The van der Waals surface area contributed by atoms with Crippen LogP contribution in [0.15, 0.2) is 9.59 Å². The number of urea groups is 1. The topological polar surface area (TPSA) is 85.6 Å². The van der Waals surface area contributed by atoms with Gasteiger partial charge in [0.1, 0.15) is 4.83 Å². The summed E-state index contributed by atoms with van der Waals surface area (Å²) in [6.45, 7) is 9.21. The van der Waals surface area contributed by atoms with Gasteiger partial charge in [-0.3, -0.25) is 13.9 Å². The maximum absolute atomic E-state index is 13.2. The summed E-state index contributed by atoms with van der Waals surface area (Å²) in [5.41, 5.74) is 0.375. The van der Waals surface area contributed by atoms with Crippen molar-refractivity contribution in [1.82, 2.24) is 19.4 Å². The third-order valence-electron chi connectivity index (χ3n) is 5.63. The Morgan fingerprint density at radius 1 is 1.24 bits per heavy atom. The van der Waals surface area contributed by atoms with E-state index in [1.54, 1.807) is 9.47 Å². The van der Waals surface area contributed by atoms with Crippen molar-refractivity contribution in [2.24, 2.45) is 5.92 Å². The number of fused-ring (bicyclic) bond motifs is 1. The number of amides is 2. The predicted octanol–water partition coefficient (Wildman–Crippen LogP) is 1.89. The van der Waals surface area contributed by atoms with Crippen LogP contribution in [0.3, 0.4) is 0 Å². The first-order valence-electron chi connectivity index (χ1n) is 10.3. The minimum absolute atomic E-state index is 0.00359. The number of nitrogens with zero attached hydrogens (tertiary/aromatic N) is 3. The van der Waals surface area contributed by atoms with Gasteiger partial charge >= 0.3 is 11.7 Å². The van der Waals surface area contributed by atoms with Crippen molar-refractivity contribution in [3.8, 4) is 0 Å². The molecule has 2 saturated heterocycles. The van der Waals surface area contributed by atoms with Crippen LogP contribution in [0.25, 0.3) is 10.2 Å². The smallest absolute Gasteiger partial charge is 0.332 e. The standard InChI is InChI=1S/C20H28N4O4S/c1-12(2)9-23-17(25)16-13(3)15(11-22-7-6-21-19(22)26)29-18(16)24(20(23)27)10-14-5-4-8-28-14/h12,14H,4-11H2,1-3H3,(H,21,26). The van der Waals surface area contributed by atoms with E-state index in [4.69, 9.17) is 4.74 Å². The lowest BCUT2D eigenvalue weighted by atomic mass is 10.2. The molecule has 0 spiro atoms. The van der Waals surface area contributed by atoms with Crippen LogP contribution in [0, 0.1) is 12.8 Å². The Kier molecular flexibility index (Phi) is 5.52. The zero-order chi connectivity index (χ0) is 20.7. The molecule has 1 unspecified atom stereocenters. The van der Waals surface area contributed by atoms with E-state index in [1.165, 1.54) is 15.9 Å². The molecule has 2 aromatic heterocycles. The summed E-state index contributed by atoms with van der Waals surface area (Å²) in [7, 11) is 0. The molecule has 1 N–H and O–H groups in total. The van der Waals surface area contributed by atoms with Crippen molar-refractivity contribution < 1.29 is 9.53 Å². The van der Waals surface area contributed by atoms with Crippen molar-refractivity contribution in [2.45, 2.75) is 59.4 Å². The lowest BCUT2D eigenvalue weighted by Crippen LogP contribution is -2.42. The average molecular weight is 421 g/mol. The minimum atomic E-state index is -0.265. The van der Waals surface area contributed by atoms with E-state index in [2.05, 4.69) is 5.32 Å². The molecule has 2 aliphatic heterocycles. The molecular weight excluding hydrogens is 392 g/mol. The molecule has 2 amide bonds. The van der Waals surface area contributed by atoms with E-state index >= 15 is 0 Å². The highest BCUT2D eigenvalue weighted by Gasteiger charge is 2.26. The van der Waals surface area contributed by atoms with E-state index in [0.717, 1.165) is 23.3 Å². The second-order valence-electron chi connectivity index (χ2n) is 8.32. The van der Waals surface area contributed by atoms with Gasteiger partial charge in [-0.05, 0) is 31.2 Å². The third-order valence-corrected chi connectivity index (χ3v) is 6.93. The van der Waals surface area contributed by atoms with Crippen molar-refractivity contribution >= 4 is 27.6 Å². The molecule has 29 heavy (non-hydrogen) atoms. The highest BCUT2D eigenvalue weighted by Crippen LogP contribution is 2.30. The lowest BCUT2D eigenvalue weighted by molar-refractivity contribution is 0.0966. The van der Waals surface area contributed by atoms with Crippen molar-refractivity contribution in [3.05, 3.63) is 31.3 Å². The van der Waals surface area contributed by atoms with Gasteiger partial charge in [0.15, 0.2) is 0 Å². The van der Waals surface area contributed by atoms with Gasteiger partial charge in [0, 0.05) is 31.1 Å². The number of nitrogens with one attached hydrogen (secondary N) is 1. The third kappa shape index (κ3) is 3.73. The summed E-state index contributed by atoms with van der Waals surface area (Å²) in [4.78, 5) is 41.9. The fourth-order valence-electron chi connectivity index (χ4n) is 4.11. The van der Waals surface area contributed by atoms with E-state index < -0.39 is 0 Å². The fourth-order valence-corrected chi connectivity index (χ4v) is 5.42. The van der Waals surface area contributed by atoms with E-state index in [-0.39, 0.29) is 29.3 Å². The Bertz CT molecular complexity index is 1050. The Morgan fingerprint density at radius 3 is 2.66 bits per heavy atom. The molecule has 0 saturated carbocycles. The van der Waals surface area contributed by atoms with Crippen LogP contribution < -0.4 is 16.6 Å². The predicted molar refractivity (Wildman–Crippen MR) is 113 cm³/mol. The first-order chi connectivity index (χ1) is 13.9. The van der Waals surface area contributed by atoms with Crippen molar-refractivity contribution in [1.29, 1.82) is 0 Å². The molecule has 0 radical (unpaired) electrons. The number of aryl methyl sites for hydroxylation is 1. The quantitative estimate of drug-likeness (QED) is 0.773. The summed E-state index contributed by atoms with van der Waals surface area (Å²) in [6.07, 6.45) is 1.91. The highest BCUT2D eigenvalue weighted by molar-refractivity contribution is 7.18. The number of aromatic nitrogens is 2. The summed E-state index contributed by atoms with van der Waals surface area (Å²) in [5.74, 6) is 0.181. The van der Waals surface area contributed by atoms with Gasteiger partial charge < -0.3 is 15.0 Å². The fraction of sp³-hybridized carbons (Fsp3) is 0.650. The molecular formula is C20H28N4O4S. The molecule has 158 valence electrons. The van der Waals surface area contributed by atoms with E-state index in [9.17, 15) is 14.4 Å². The number of carbonyl (C=O) groups excluding carboxylic acids is 1. The van der Waals surface area contributed by atoms with Gasteiger partial charge in [-0.25, -0.2) is 9.59 Å². The maximum atomic E-state index is 13.2. The highest BCUT2D eigenvalue weighted by atomic mass is 32.1. The molecule has 8 nitrogen and oxygen atoms in total. The zero-order valence-electron chi connectivity index (χ0n) is 17.2. The van der Waals surface area contributed by atoms with Crippen LogP contribution in [0.5, 0.6) is 0 Å². The molecule has 2 fully saturated rings. The minimum Gasteiger partial charge on any atom is -0.376 e. The number of thiophene rings is 1. The molecule has 9 heteroatoms. The molecule has 1 atom stereocenters. The van der Waals surface area contributed by atoms with Crippen LogP contribution in [0.2, 0.25) is 0 Å². The molecule has 0 aliphatic carbocycles. The number of hydrogen-bond donors (Lipinski definition) is 1. The maximum Gasteiger partial charge on any atom is 0.332 e. The Morgan fingerprint density at radius 2 is 2.03 bits per heavy atom. The van der Waals surface area contributed by atoms with E-state index in [1.807, 2.05) is 20.8 Å². The second-order valence-corrected chi connectivity index (χ2v) is 9.41. The Labute approximate surface area is 173 Å². The summed E-state index contributed by atoms with van der Waals surface area (Å²) >= 11 is 1.45. The number of ether oxygens (including phenoxy) is 1. The zero-order valence-corrected chi connectivity index (χ0v) is 18.0. The molecule has 0 bridgehead atoms. The SMILES string of the molecule is Cc1c(CN2CCNC2=O)sc2c1c(=O)n(CC(C)C)c(=O)n2CC1CCCO1.